The van der Waals surface area contributed by atoms with Crippen molar-refractivity contribution in [3.8, 4) is 0 Å². The standard InChI is InChI=1S/C15H24INO/c1-5-17-14(11-18-15(2,3)4)10-12-6-8-13(16)9-7-12/h6-9,14,17H,5,10-11H2,1-4H3. The van der Waals surface area contributed by atoms with Crippen molar-refractivity contribution in [2.24, 2.45) is 0 Å². The van der Waals surface area contributed by atoms with Gasteiger partial charge < -0.3 is 10.1 Å². The lowest BCUT2D eigenvalue weighted by Gasteiger charge is -2.25. The minimum absolute atomic E-state index is 0.0697. The number of likely N-dealkylation sites (N-methyl/N-ethyl adjacent to an activating group) is 1. The summed E-state index contributed by atoms with van der Waals surface area (Å²) in [6.07, 6.45) is 1.01. The Kier molecular flexibility index (Phi) is 6.60. The molecule has 1 atom stereocenters. The topological polar surface area (TPSA) is 21.3 Å². The summed E-state index contributed by atoms with van der Waals surface area (Å²) < 4.78 is 7.16. The first kappa shape index (κ1) is 15.9. The van der Waals surface area contributed by atoms with Gasteiger partial charge in [0, 0.05) is 9.61 Å². The Hall–Kier alpha value is -0.130. The number of nitrogens with one attached hydrogen (secondary N) is 1. The number of hydrogen-bond acceptors (Lipinski definition) is 2. The summed E-state index contributed by atoms with van der Waals surface area (Å²) in [7, 11) is 0. The van der Waals surface area contributed by atoms with Gasteiger partial charge in [-0.1, -0.05) is 19.1 Å². The Bertz CT molecular complexity index is 343. The van der Waals surface area contributed by atoms with Gasteiger partial charge in [0.25, 0.3) is 0 Å². The average Bonchev–Trinajstić information content (AvgIpc) is 2.28. The molecule has 0 spiro atoms. The molecule has 1 aromatic rings. The van der Waals surface area contributed by atoms with Crippen LogP contribution in [0.25, 0.3) is 0 Å². The molecule has 0 aromatic heterocycles. The molecule has 102 valence electrons. The molecule has 2 nitrogen and oxygen atoms in total. The first-order valence-electron chi connectivity index (χ1n) is 6.52. The number of rotatable bonds is 6. The van der Waals surface area contributed by atoms with Crippen LogP contribution < -0.4 is 5.32 Å². The average molecular weight is 361 g/mol. The third-order valence-electron chi connectivity index (χ3n) is 2.61. The minimum atomic E-state index is -0.0697. The van der Waals surface area contributed by atoms with Crippen LogP contribution in [0, 0.1) is 3.57 Å². The van der Waals surface area contributed by atoms with Crippen LogP contribution in [-0.4, -0.2) is 24.8 Å². The van der Waals surface area contributed by atoms with E-state index in [0.29, 0.717) is 6.04 Å². The largest absolute Gasteiger partial charge is 0.374 e. The molecule has 1 unspecified atom stereocenters. The maximum Gasteiger partial charge on any atom is 0.0629 e. The molecule has 0 aliphatic heterocycles. The van der Waals surface area contributed by atoms with Crippen LogP contribution in [0.3, 0.4) is 0 Å². The van der Waals surface area contributed by atoms with E-state index in [0.717, 1.165) is 19.6 Å². The van der Waals surface area contributed by atoms with E-state index >= 15 is 0 Å². The third kappa shape index (κ3) is 6.71. The molecule has 0 radical (unpaired) electrons. The van der Waals surface area contributed by atoms with E-state index in [1.54, 1.807) is 0 Å². The second-order valence-corrected chi connectivity index (χ2v) is 6.75. The summed E-state index contributed by atoms with van der Waals surface area (Å²) in [5.41, 5.74) is 1.29. The Balaban J connectivity index is 2.54. The van der Waals surface area contributed by atoms with Gasteiger partial charge in [-0.05, 0) is 74.0 Å². The van der Waals surface area contributed by atoms with Crippen molar-refractivity contribution in [1.29, 1.82) is 0 Å². The van der Waals surface area contributed by atoms with Crippen molar-refractivity contribution in [2.45, 2.75) is 45.8 Å². The first-order chi connectivity index (χ1) is 8.40. The molecule has 0 saturated carbocycles. The van der Waals surface area contributed by atoms with Crippen LogP contribution in [0.15, 0.2) is 24.3 Å². The van der Waals surface area contributed by atoms with E-state index in [1.807, 2.05) is 0 Å². The fourth-order valence-corrected chi connectivity index (χ4v) is 2.09. The fraction of sp³-hybridized carbons (Fsp3) is 0.600. The number of halogens is 1. The molecule has 1 rings (SSSR count). The Labute approximate surface area is 125 Å². The summed E-state index contributed by atoms with van der Waals surface area (Å²) >= 11 is 2.33. The summed E-state index contributed by atoms with van der Waals surface area (Å²) in [6.45, 7) is 10.2. The Morgan fingerprint density at radius 2 is 1.83 bits per heavy atom. The zero-order valence-electron chi connectivity index (χ0n) is 11.8. The van der Waals surface area contributed by atoms with E-state index in [-0.39, 0.29) is 5.60 Å². The molecule has 0 fully saturated rings. The SMILES string of the molecule is CCNC(COC(C)(C)C)Cc1ccc(I)cc1. The van der Waals surface area contributed by atoms with Gasteiger partial charge in [-0.3, -0.25) is 0 Å². The normalized spacial score (nSPS) is 13.6. The van der Waals surface area contributed by atoms with Crippen molar-refractivity contribution >= 4 is 22.6 Å². The van der Waals surface area contributed by atoms with Gasteiger partial charge in [0.1, 0.15) is 0 Å². The van der Waals surface area contributed by atoms with Crippen LogP contribution in [0.2, 0.25) is 0 Å². The maximum absolute atomic E-state index is 5.88. The molecule has 0 amide bonds. The molecule has 0 bridgehead atoms. The highest BCUT2D eigenvalue weighted by molar-refractivity contribution is 14.1. The minimum Gasteiger partial charge on any atom is -0.374 e. The second kappa shape index (κ2) is 7.46. The number of ether oxygens (including phenoxy) is 1. The quantitative estimate of drug-likeness (QED) is 0.782. The Morgan fingerprint density at radius 3 is 2.33 bits per heavy atom. The van der Waals surface area contributed by atoms with Crippen molar-refractivity contribution in [2.75, 3.05) is 13.2 Å². The van der Waals surface area contributed by atoms with Crippen LogP contribution in [-0.2, 0) is 11.2 Å². The first-order valence-corrected chi connectivity index (χ1v) is 7.60. The molecule has 1 aromatic carbocycles. The summed E-state index contributed by atoms with van der Waals surface area (Å²) in [4.78, 5) is 0. The molecular formula is C15H24INO. The molecule has 18 heavy (non-hydrogen) atoms. The maximum atomic E-state index is 5.88. The van der Waals surface area contributed by atoms with Crippen LogP contribution in [0.5, 0.6) is 0 Å². The van der Waals surface area contributed by atoms with Crippen LogP contribution >= 0.6 is 22.6 Å². The Morgan fingerprint density at radius 1 is 1.22 bits per heavy atom. The highest BCUT2D eigenvalue weighted by Gasteiger charge is 2.15. The zero-order valence-corrected chi connectivity index (χ0v) is 14.0. The van der Waals surface area contributed by atoms with Gasteiger partial charge in [-0.15, -0.1) is 0 Å². The molecule has 1 N–H and O–H groups in total. The molecule has 3 heteroatoms. The van der Waals surface area contributed by atoms with Gasteiger partial charge in [-0.25, -0.2) is 0 Å². The lowest BCUT2D eigenvalue weighted by Crippen LogP contribution is -2.38. The second-order valence-electron chi connectivity index (χ2n) is 5.51. The van der Waals surface area contributed by atoms with Crippen LogP contribution in [0.1, 0.15) is 33.3 Å². The van der Waals surface area contributed by atoms with Crippen molar-refractivity contribution < 1.29 is 4.74 Å². The van der Waals surface area contributed by atoms with Gasteiger partial charge in [0.05, 0.1) is 12.2 Å². The molecular weight excluding hydrogens is 337 g/mol. The predicted octanol–water partition coefficient (Wildman–Crippen LogP) is 3.63. The van der Waals surface area contributed by atoms with Gasteiger partial charge in [0.15, 0.2) is 0 Å². The van der Waals surface area contributed by atoms with Crippen molar-refractivity contribution in [3.05, 3.63) is 33.4 Å². The monoisotopic (exact) mass is 361 g/mol. The highest BCUT2D eigenvalue weighted by atomic mass is 127. The van der Waals surface area contributed by atoms with Crippen molar-refractivity contribution in [3.63, 3.8) is 0 Å². The molecule has 0 aliphatic rings. The van der Waals surface area contributed by atoms with Gasteiger partial charge in [0.2, 0.25) is 0 Å². The number of hydrogen-bond donors (Lipinski definition) is 1. The van der Waals surface area contributed by atoms with Crippen molar-refractivity contribution in [1.82, 2.24) is 5.32 Å². The predicted molar refractivity (Wildman–Crippen MR) is 86.0 cm³/mol. The summed E-state index contributed by atoms with van der Waals surface area (Å²) in [6, 6.07) is 9.09. The molecule has 0 saturated heterocycles. The van der Waals surface area contributed by atoms with Crippen LogP contribution in [0.4, 0.5) is 0 Å². The molecule has 0 aliphatic carbocycles. The van der Waals surface area contributed by atoms with Gasteiger partial charge in [-0.2, -0.15) is 0 Å². The van der Waals surface area contributed by atoms with E-state index < -0.39 is 0 Å². The van der Waals surface area contributed by atoms with Gasteiger partial charge >= 0.3 is 0 Å². The fourth-order valence-electron chi connectivity index (χ4n) is 1.73. The summed E-state index contributed by atoms with van der Waals surface area (Å²) in [5.74, 6) is 0. The lowest BCUT2D eigenvalue weighted by atomic mass is 10.1. The highest BCUT2D eigenvalue weighted by Crippen LogP contribution is 2.11. The summed E-state index contributed by atoms with van der Waals surface area (Å²) in [5, 5.41) is 3.49. The smallest absolute Gasteiger partial charge is 0.0629 e. The lowest BCUT2D eigenvalue weighted by molar-refractivity contribution is -0.0141. The van der Waals surface area contributed by atoms with E-state index in [4.69, 9.17) is 4.74 Å². The number of benzene rings is 1. The van der Waals surface area contributed by atoms with E-state index in [9.17, 15) is 0 Å². The van der Waals surface area contributed by atoms with E-state index in [1.165, 1.54) is 9.13 Å². The third-order valence-corrected chi connectivity index (χ3v) is 3.32. The van der Waals surface area contributed by atoms with E-state index in [2.05, 4.69) is 79.9 Å². The molecule has 0 heterocycles. The zero-order chi connectivity index (χ0) is 13.6.